The number of rotatable bonds is 0. The minimum Gasteiger partial charge on any atom is -0.475 e. The molecule has 0 aromatic carbocycles. The summed E-state index contributed by atoms with van der Waals surface area (Å²) < 4.78 is 31.7. The van der Waals surface area contributed by atoms with Gasteiger partial charge in [0.25, 0.3) is 0 Å². The minimum atomic E-state index is -5.08. The van der Waals surface area contributed by atoms with Crippen LogP contribution in [0.2, 0.25) is 0 Å². The van der Waals surface area contributed by atoms with Gasteiger partial charge in [-0.15, -0.1) is 209 Å². The molecule has 0 rings (SSSR count). The molecule has 23 heteroatoms. The van der Waals surface area contributed by atoms with Crippen molar-refractivity contribution in [3.8, 4) is 0 Å². The molecule has 1 N–H and O–H groups in total. The van der Waals surface area contributed by atoms with E-state index in [4.69, 9.17) is 219 Å². The number of carboxylic acid groups (broad SMARTS) is 1. The number of hydrogen-bond acceptors (Lipinski definition) is 1. The molecular weight excluding hydrogens is 859 g/mol. The Kier molecular flexibility index (Phi) is 193. The number of carboxylic acids is 1. The lowest BCUT2D eigenvalue weighted by Gasteiger charge is -1.93. The molecule has 0 heterocycles. The first-order valence-corrected chi connectivity index (χ1v) is 15.7. The Morgan fingerprint density at radius 2 is 0.441 bits per heavy atom. The highest BCUT2D eigenvalue weighted by atomic mass is 35.6. The highest BCUT2D eigenvalue weighted by Gasteiger charge is 2.38. The van der Waals surface area contributed by atoms with Gasteiger partial charge in [-0.2, -0.15) is 13.2 Å². The topological polar surface area (TPSA) is 37.3 Å². The van der Waals surface area contributed by atoms with Crippen LogP contribution in [0.5, 0.6) is 0 Å². The Bertz CT molecular complexity index is 196. The van der Waals surface area contributed by atoms with E-state index in [-0.39, 0.29) is 48.1 Å². The Morgan fingerprint density at radius 1 is 0.412 bits per heavy atom. The molecule has 34 heavy (non-hydrogen) atoms. The molecule has 0 unspecified atom stereocenters. The first-order valence-electron chi connectivity index (χ1n) is 6.06. The van der Waals surface area contributed by atoms with E-state index in [9.17, 15) is 13.2 Å². The molecule has 0 spiro atoms. The van der Waals surface area contributed by atoms with Crippen LogP contribution in [0, 0.1) is 0 Å². The van der Waals surface area contributed by atoms with Crippen LogP contribution in [0.4, 0.5) is 13.2 Å². The number of aliphatic carboxylic acids is 1. The summed E-state index contributed by atoms with van der Waals surface area (Å²) in [6.45, 7) is 0. The molecule has 0 aliphatic rings. The van der Waals surface area contributed by atoms with Gasteiger partial charge >= 0.3 is 12.1 Å². The Labute approximate surface area is 288 Å². The molecule has 0 radical (unpaired) electrons. The summed E-state index contributed by atoms with van der Waals surface area (Å²) in [5.41, 5.74) is 0. The van der Waals surface area contributed by atoms with Gasteiger partial charge in [-0.25, -0.2) is 4.79 Å². The average Bonchev–Trinajstić information content (AvgIpc) is 2.67. The first kappa shape index (κ1) is 66.6. The predicted molar refractivity (Wildman–Crippen MR) is 163 cm³/mol. The molecular formula is C11H19Cl18F3O2. The number of halogens is 21. The molecule has 0 amide bonds. The van der Waals surface area contributed by atoms with Gasteiger partial charge in [0.05, 0.1) is 48.1 Å². The molecule has 0 atom stereocenters. The number of alkyl halides is 21. The third kappa shape index (κ3) is 418. The summed E-state index contributed by atoms with van der Waals surface area (Å²) in [5.74, 6) is -2.76. The highest BCUT2D eigenvalue weighted by molar-refractivity contribution is 6.42. The van der Waals surface area contributed by atoms with E-state index < -0.39 is 12.1 Å². The lowest BCUT2D eigenvalue weighted by molar-refractivity contribution is -0.192. The summed E-state index contributed by atoms with van der Waals surface area (Å²) in [4.78, 5) is 8.90. The summed E-state index contributed by atoms with van der Waals surface area (Å²) in [5, 5.41) is 8.88. The van der Waals surface area contributed by atoms with Crippen LogP contribution in [0.3, 0.4) is 0 Å². The zero-order valence-electron chi connectivity index (χ0n) is 16.2. The van der Waals surface area contributed by atoms with Crippen molar-refractivity contribution in [2.75, 3.05) is 48.1 Å². The second kappa shape index (κ2) is 98.7. The standard InChI is InChI=1S/C2HF3O2.9CH2Cl2/c3-2(4,5)1(6)7;9*2-1-3/h(H,6,7);9*1H2. The van der Waals surface area contributed by atoms with Gasteiger partial charge in [-0.05, 0) is 0 Å². The number of hydrogen-bond donors (Lipinski definition) is 1. The van der Waals surface area contributed by atoms with Crippen molar-refractivity contribution in [1.29, 1.82) is 0 Å². The van der Waals surface area contributed by atoms with Crippen molar-refractivity contribution in [2.45, 2.75) is 6.18 Å². The van der Waals surface area contributed by atoms with Crippen molar-refractivity contribution >= 4 is 215 Å². The second-order valence-corrected chi connectivity index (χ2v) is 8.99. The summed E-state index contributed by atoms with van der Waals surface area (Å²) >= 11 is 85.7. The van der Waals surface area contributed by atoms with Gasteiger partial charge in [0.1, 0.15) is 0 Å². The smallest absolute Gasteiger partial charge is 0.475 e. The lowest BCUT2D eigenvalue weighted by atomic mass is 10.7. The molecule has 0 saturated heterocycles. The van der Waals surface area contributed by atoms with Crippen molar-refractivity contribution in [3.05, 3.63) is 0 Å². The Hall–Kier alpha value is 4.48. The van der Waals surface area contributed by atoms with E-state index in [1.165, 1.54) is 0 Å². The fourth-order valence-electron chi connectivity index (χ4n) is 0. The van der Waals surface area contributed by atoms with Crippen molar-refractivity contribution in [3.63, 3.8) is 0 Å². The van der Waals surface area contributed by atoms with Crippen LogP contribution in [0.15, 0.2) is 0 Å². The predicted octanol–water partition coefficient (Wildman–Crippen LogP) is 13.4. The largest absolute Gasteiger partial charge is 0.490 e. The highest BCUT2D eigenvalue weighted by Crippen LogP contribution is 2.13. The fourth-order valence-corrected chi connectivity index (χ4v) is 0. The van der Waals surface area contributed by atoms with Gasteiger partial charge in [-0.3, -0.25) is 0 Å². The third-order valence-corrected chi connectivity index (χ3v) is 0.243. The van der Waals surface area contributed by atoms with Crippen LogP contribution in [-0.4, -0.2) is 65.3 Å². The first-order chi connectivity index (χ1) is 15.7. The van der Waals surface area contributed by atoms with Crippen molar-refractivity contribution < 1.29 is 23.1 Å². The average molecular weight is 878 g/mol. The van der Waals surface area contributed by atoms with Crippen LogP contribution >= 0.6 is 209 Å². The molecule has 0 aromatic heterocycles. The normalized spacial score (nSPS) is 7.09. The zero-order valence-corrected chi connectivity index (χ0v) is 29.8. The van der Waals surface area contributed by atoms with Crippen molar-refractivity contribution in [1.82, 2.24) is 0 Å². The summed E-state index contributed by atoms with van der Waals surface area (Å²) in [6.07, 6.45) is -5.08. The van der Waals surface area contributed by atoms with Crippen LogP contribution in [-0.2, 0) is 4.79 Å². The van der Waals surface area contributed by atoms with E-state index in [1.807, 2.05) is 0 Å². The Morgan fingerprint density at radius 3 is 0.441 bits per heavy atom. The quantitative estimate of drug-likeness (QED) is 0.246. The maximum Gasteiger partial charge on any atom is 0.490 e. The van der Waals surface area contributed by atoms with Gasteiger partial charge in [0.15, 0.2) is 0 Å². The molecule has 222 valence electrons. The maximum absolute atomic E-state index is 10.6. The van der Waals surface area contributed by atoms with E-state index >= 15 is 0 Å². The second-order valence-electron chi connectivity index (χ2n) is 1.71. The van der Waals surface area contributed by atoms with E-state index in [0.29, 0.717) is 0 Å². The molecule has 0 fully saturated rings. The number of carbonyl (C=O) groups is 1. The van der Waals surface area contributed by atoms with Crippen LogP contribution in [0.25, 0.3) is 0 Å². The molecule has 0 aromatic rings. The van der Waals surface area contributed by atoms with Gasteiger partial charge in [0.2, 0.25) is 0 Å². The maximum atomic E-state index is 10.6. The molecule has 0 aliphatic carbocycles. The van der Waals surface area contributed by atoms with E-state index in [1.54, 1.807) is 0 Å². The van der Waals surface area contributed by atoms with Gasteiger partial charge < -0.3 is 5.11 Å². The SMILES string of the molecule is ClCCl.ClCCl.ClCCl.ClCCl.ClCCl.ClCCl.ClCCl.ClCCl.ClCCl.O=C(O)C(F)(F)F. The monoisotopic (exact) mass is 870 g/mol. The van der Waals surface area contributed by atoms with Crippen molar-refractivity contribution in [2.24, 2.45) is 0 Å². The molecule has 2 nitrogen and oxygen atoms in total. The Balaban J connectivity index is -0.0000000241. The summed E-state index contributed by atoms with van der Waals surface area (Å²) in [6, 6.07) is 0. The van der Waals surface area contributed by atoms with Crippen LogP contribution in [0.1, 0.15) is 0 Å². The van der Waals surface area contributed by atoms with Gasteiger partial charge in [-0.1, -0.05) is 0 Å². The fraction of sp³-hybridized carbons (Fsp3) is 0.909. The van der Waals surface area contributed by atoms with Gasteiger partial charge in [0, 0.05) is 0 Å². The molecule has 0 aliphatic heterocycles. The third-order valence-electron chi connectivity index (χ3n) is 0.243. The van der Waals surface area contributed by atoms with E-state index in [2.05, 4.69) is 0 Å². The summed E-state index contributed by atoms with van der Waals surface area (Å²) in [7, 11) is 0. The molecule has 0 bridgehead atoms. The van der Waals surface area contributed by atoms with Crippen LogP contribution < -0.4 is 0 Å². The minimum absolute atomic E-state index is 0.194. The molecule has 0 saturated carbocycles. The zero-order chi connectivity index (χ0) is 30.4. The van der Waals surface area contributed by atoms with E-state index in [0.717, 1.165) is 0 Å². The lowest BCUT2D eigenvalue weighted by Crippen LogP contribution is -2.21.